The molecule has 2 saturated heterocycles. The third-order valence-electron chi connectivity index (χ3n) is 11.7. The zero-order valence-electron chi connectivity index (χ0n) is 36.1. The Morgan fingerprint density at radius 1 is 0.517 bits per heavy atom. The Morgan fingerprint density at radius 3 is 1.07 bits per heavy atom. The summed E-state index contributed by atoms with van der Waals surface area (Å²) in [6.45, 7) is 14.4. The molecule has 10 heteroatoms. The maximum absolute atomic E-state index is 12.5. The Bertz CT molecular complexity index is 1710. The van der Waals surface area contributed by atoms with E-state index in [1.807, 2.05) is 84.3 Å². The lowest BCUT2D eigenvalue weighted by atomic mass is 9.89. The number of likely N-dealkylation sites (tertiary alicyclic amines) is 2. The van der Waals surface area contributed by atoms with E-state index in [0.717, 1.165) is 62.5 Å². The van der Waals surface area contributed by atoms with Crippen molar-refractivity contribution in [3.05, 3.63) is 132 Å². The van der Waals surface area contributed by atoms with Gasteiger partial charge in [0.05, 0.1) is 0 Å². The van der Waals surface area contributed by atoms with Gasteiger partial charge in [0.15, 0.2) is 0 Å². The summed E-state index contributed by atoms with van der Waals surface area (Å²) in [6.07, 6.45) is 8.43. The van der Waals surface area contributed by atoms with Crippen molar-refractivity contribution in [2.75, 3.05) is 49.1 Å². The lowest BCUT2D eigenvalue weighted by molar-refractivity contribution is -0.159. The fraction of sp³-hybridized carbons (Fsp3) is 0.440. The third kappa shape index (κ3) is 15.7. The van der Waals surface area contributed by atoms with Crippen LogP contribution in [0.1, 0.15) is 77.3 Å². The molecule has 0 spiro atoms. The highest BCUT2D eigenvalue weighted by molar-refractivity contribution is 6.27. The Labute approximate surface area is 357 Å². The van der Waals surface area contributed by atoms with Gasteiger partial charge in [-0.2, -0.15) is 0 Å². The summed E-state index contributed by atoms with van der Waals surface area (Å²) < 4.78 is 0. The van der Waals surface area contributed by atoms with Crippen LogP contribution in [0.25, 0.3) is 0 Å². The molecule has 2 aliphatic rings. The molecule has 4 aromatic rings. The molecule has 2 aliphatic heterocycles. The van der Waals surface area contributed by atoms with Crippen LogP contribution in [0.5, 0.6) is 0 Å². The number of benzene rings is 4. The second-order valence-corrected chi connectivity index (χ2v) is 16.0. The number of carbonyl (C=O) groups is 4. The van der Waals surface area contributed by atoms with E-state index in [1.165, 1.54) is 49.7 Å². The van der Waals surface area contributed by atoms with E-state index in [-0.39, 0.29) is 11.8 Å². The van der Waals surface area contributed by atoms with Crippen LogP contribution >= 0.6 is 0 Å². The number of amides is 2. The maximum Gasteiger partial charge on any atom is 0.414 e. The Kier molecular flexibility index (Phi) is 20.0. The van der Waals surface area contributed by atoms with Crippen LogP contribution in [-0.4, -0.2) is 95.1 Å². The number of carboxylic acid groups (broad SMARTS) is 2. The van der Waals surface area contributed by atoms with E-state index in [2.05, 4.69) is 84.3 Å². The number of rotatable bonds is 14. The molecule has 2 N–H and O–H groups in total. The minimum Gasteiger partial charge on any atom is -0.473 e. The molecule has 2 heterocycles. The number of carbonyl (C=O) groups excluding carboxylic acids is 2. The number of carboxylic acids is 2. The van der Waals surface area contributed by atoms with E-state index in [4.69, 9.17) is 19.8 Å². The first kappa shape index (κ1) is 47.4. The molecular weight excluding hydrogens is 753 g/mol. The average Bonchev–Trinajstić information content (AvgIpc) is 3.29. The zero-order chi connectivity index (χ0) is 43.3. The van der Waals surface area contributed by atoms with Crippen LogP contribution in [0.3, 0.4) is 0 Å². The molecule has 0 saturated carbocycles. The summed E-state index contributed by atoms with van der Waals surface area (Å²) in [5.74, 6) is -1.69. The van der Waals surface area contributed by atoms with Crippen LogP contribution < -0.4 is 9.80 Å². The van der Waals surface area contributed by atoms with E-state index in [0.29, 0.717) is 24.9 Å². The van der Waals surface area contributed by atoms with Gasteiger partial charge in [0, 0.05) is 49.4 Å². The molecule has 60 heavy (non-hydrogen) atoms. The molecule has 0 aliphatic carbocycles. The van der Waals surface area contributed by atoms with Gasteiger partial charge in [-0.05, 0) is 126 Å². The average molecular weight is 819 g/mol. The summed E-state index contributed by atoms with van der Waals surface area (Å²) in [6, 6.07) is 42.6. The number of para-hydroxylation sites is 2. The molecule has 2 amide bonds. The molecule has 0 radical (unpaired) electrons. The SMILES string of the molecule is CCC(=O)N(CC(C)N1CCC(Cc2ccccc2)CC1)c1ccccc1.CCC(=O)N(CC(C)N1CCC(Cc2ccccc2)CC1)c1ccccc1.O=C(O)C(=O)O. The molecular formula is C50H66N4O6. The zero-order valence-corrected chi connectivity index (χ0v) is 36.1. The molecule has 0 bridgehead atoms. The largest absolute Gasteiger partial charge is 0.473 e. The number of anilines is 2. The van der Waals surface area contributed by atoms with E-state index in [1.54, 1.807) is 0 Å². The van der Waals surface area contributed by atoms with Gasteiger partial charge in [0.2, 0.25) is 11.8 Å². The van der Waals surface area contributed by atoms with Gasteiger partial charge in [-0.3, -0.25) is 19.4 Å². The lowest BCUT2D eigenvalue weighted by Gasteiger charge is -2.38. The van der Waals surface area contributed by atoms with E-state index >= 15 is 0 Å². The van der Waals surface area contributed by atoms with Crippen molar-refractivity contribution in [3.63, 3.8) is 0 Å². The molecule has 10 nitrogen and oxygen atoms in total. The van der Waals surface area contributed by atoms with Gasteiger partial charge in [0.25, 0.3) is 0 Å². The van der Waals surface area contributed by atoms with Gasteiger partial charge in [-0.25, -0.2) is 9.59 Å². The molecule has 6 rings (SSSR count). The maximum atomic E-state index is 12.5. The van der Waals surface area contributed by atoms with Gasteiger partial charge < -0.3 is 20.0 Å². The summed E-state index contributed by atoms with van der Waals surface area (Å²) in [5, 5.41) is 14.8. The van der Waals surface area contributed by atoms with Gasteiger partial charge in [-0.1, -0.05) is 111 Å². The van der Waals surface area contributed by atoms with Crippen molar-refractivity contribution in [1.29, 1.82) is 0 Å². The summed E-state index contributed by atoms with van der Waals surface area (Å²) in [5.41, 5.74) is 4.92. The number of piperidine rings is 2. The summed E-state index contributed by atoms with van der Waals surface area (Å²) >= 11 is 0. The summed E-state index contributed by atoms with van der Waals surface area (Å²) in [7, 11) is 0. The van der Waals surface area contributed by atoms with Crippen LogP contribution in [0.2, 0.25) is 0 Å². The number of aliphatic carboxylic acids is 2. The molecule has 0 aromatic heterocycles. The third-order valence-corrected chi connectivity index (χ3v) is 11.7. The number of hydrogen-bond donors (Lipinski definition) is 2. The predicted molar refractivity (Wildman–Crippen MR) is 241 cm³/mol. The first-order valence-electron chi connectivity index (χ1n) is 21.7. The molecule has 2 fully saturated rings. The quantitative estimate of drug-likeness (QED) is 0.121. The van der Waals surface area contributed by atoms with Crippen LogP contribution in [0.4, 0.5) is 11.4 Å². The van der Waals surface area contributed by atoms with E-state index < -0.39 is 11.9 Å². The Hall–Kier alpha value is -5.32. The molecule has 2 unspecified atom stereocenters. The normalized spacial score (nSPS) is 15.9. The van der Waals surface area contributed by atoms with Gasteiger partial charge in [0.1, 0.15) is 0 Å². The standard InChI is InChI=1S/2C24H32N2O.C2H2O4/c2*1-3-24(27)26(23-12-8-5-9-13-23)19-20(2)25-16-14-22(15-17-25)18-21-10-6-4-7-11-21;3-1(4)2(5)6/h2*4-13,20,22H,3,14-19H2,1-2H3;(H,3,4)(H,5,6). The van der Waals surface area contributed by atoms with Gasteiger partial charge >= 0.3 is 11.9 Å². The van der Waals surface area contributed by atoms with Crippen molar-refractivity contribution in [2.24, 2.45) is 11.8 Å². The smallest absolute Gasteiger partial charge is 0.414 e. The van der Waals surface area contributed by atoms with Crippen molar-refractivity contribution < 1.29 is 29.4 Å². The fourth-order valence-electron chi connectivity index (χ4n) is 8.15. The van der Waals surface area contributed by atoms with Crippen LogP contribution in [0, 0.1) is 11.8 Å². The lowest BCUT2D eigenvalue weighted by Crippen LogP contribution is -2.47. The second-order valence-electron chi connectivity index (χ2n) is 16.0. The predicted octanol–water partition coefficient (Wildman–Crippen LogP) is 8.70. The molecule has 4 aromatic carbocycles. The highest BCUT2D eigenvalue weighted by atomic mass is 16.4. The fourth-order valence-corrected chi connectivity index (χ4v) is 8.15. The van der Waals surface area contributed by atoms with Crippen LogP contribution in [-0.2, 0) is 32.0 Å². The van der Waals surface area contributed by atoms with Crippen molar-refractivity contribution in [2.45, 2.75) is 91.1 Å². The van der Waals surface area contributed by atoms with Gasteiger partial charge in [-0.15, -0.1) is 0 Å². The van der Waals surface area contributed by atoms with Crippen molar-refractivity contribution in [1.82, 2.24) is 9.80 Å². The van der Waals surface area contributed by atoms with Crippen LogP contribution in [0.15, 0.2) is 121 Å². The first-order valence-corrected chi connectivity index (χ1v) is 21.7. The second kappa shape index (κ2) is 25.3. The Balaban J connectivity index is 0.000000233. The first-order chi connectivity index (χ1) is 29.0. The minimum absolute atomic E-state index is 0.201. The molecule has 2 atom stereocenters. The molecule has 322 valence electrons. The highest BCUT2D eigenvalue weighted by Crippen LogP contribution is 2.26. The monoisotopic (exact) mass is 818 g/mol. The Morgan fingerprint density at radius 2 is 0.800 bits per heavy atom. The number of hydrogen-bond acceptors (Lipinski definition) is 6. The van der Waals surface area contributed by atoms with Crippen molar-refractivity contribution in [3.8, 4) is 0 Å². The minimum atomic E-state index is -1.82. The number of nitrogens with zero attached hydrogens (tertiary/aromatic N) is 4. The van der Waals surface area contributed by atoms with Crippen molar-refractivity contribution >= 4 is 35.1 Å². The van der Waals surface area contributed by atoms with E-state index in [9.17, 15) is 9.59 Å². The topological polar surface area (TPSA) is 122 Å². The highest BCUT2D eigenvalue weighted by Gasteiger charge is 2.27. The summed E-state index contributed by atoms with van der Waals surface area (Å²) in [4.78, 5) is 52.2.